The maximum atomic E-state index is 5.16. The molecule has 0 fully saturated rings. The van der Waals surface area contributed by atoms with Gasteiger partial charge in [0.1, 0.15) is 5.75 Å². The molecule has 0 aromatic heterocycles. The molecule has 1 aromatic rings. The second-order valence-electron chi connectivity index (χ2n) is 3.61. The van der Waals surface area contributed by atoms with Gasteiger partial charge in [-0.1, -0.05) is 12.1 Å². The Morgan fingerprint density at radius 2 is 1.83 bits per heavy atom. The van der Waals surface area contributed by atoms with E-state index in [2.05, 4.69) is 0 Å². The van der Waals surface area contributed by atoms with Crippen LogP contribution >= 0.6 is 0 Å². The minimum atomic E-state index is 0.252. The normalized spacial score (nSPS) is 10.8. The minimum Gasteiger partial charge on any atom is -0.497 e. The number of ether oxygens (including phenoxy) is 4. The molecule has 100 valence electrons. The molecule has 0 radical (unpaired) electrons. The van der Waals surface area contributed by atoms with E-state index in [1.807, 2.05) is 30.3 Å². The molecule has 0 aliphatic rings. The van der Waals surface area contributed by atoms with Crippen molar-refractivity contribution in [1.82, 2.24) is 0 Å². The van der Waals surface area contributed by atoms with Gasteiger partial charge >= 0.3 is 0 Å². The second kappa shape index (κ2) is 9.50. The van der Waals surface area contributed by atoms with Crippen molar-refractivity contribution in [3.05, 3.63) is 42.2 Å². The van der Waals surface area contributed by atoms with E-state index >= 15 is 0 Å². The Kier molecular flexibility index (Phi) is 7.68. The van der Waals surface area contributed by atoms with Crippen LogP contribution in [0.4, 0.5) is 0 Å². The fraction of sp³-hybridized carbons (Fsp3) is 0.429. The minimum absolute atomic E-state index is 0.252. The largest absolute Gasteiger partial charge is 0.497 e. The Morgan fingerprint density at radius 1 is 1.06 bits per heavy atom. The lowest BCUT2D eigenvalue weighted by atomic mass is 10.1. The highest BCUT2D eigenvalue weighted by Gasteiger charge is 1.91. The van der Waals surface area contributed by atoms with E-state index in [4.69, 9.17) is 18.9 Å². The summed E-state index contributed by atoms with van der Waals surface area (Å²) in [5, 5.41) is 0. The standard InChI is InChI=1S/C14H20O4/c1-15-10-11-18-12-17-9-3-4-13-5-7-14(16-2)8-6-13/h3,5-9H,4,10-12H2,1-2H3/b9-3-. The van der Waals surface area contributed by atoms with Crippen molar-refractivity contribution in [2.45, 2.75) is 6.42 Å². The first-order chi connectivity index (χ1) is 8.86. The maximum absolute atomic E-state index is 5.16. The summed E-state index contributed by atoms with van der Waals surface area (Å²) in [4.78, 5) is 0. The first-order valence-corrected chi connectivity index (χ1v) is 5.83. The SMILES string of the molecule is COCCOCO/C=C\Cc1ccc(OC)cc1. The van der Waals surface area contributed by atoms with Crippen molar-refractivity contribution in [1.29, 1.82) is 0 Å². The van der Waals surface area contributed by atoms with Gasteiger partial charge in [0.05, 0.1) is 26.6 Å². The molecule has 0 bridgehead atoms. The van der Waals surface area contributed by atoms with E-state index in [0.29, 0.717) is 13.2 Å². The van der Waals surface area contributed by atoms with E-state index < -0.39 is 0 Å². The van der Waals surface area contributed by atoms with Gasteiger partial charge in [0.2, 0.25) is 0 Å². The van der Waals surface area contributed by atoms with E-state index in [9.17, 15) is 0 Å². The zero-order chi connectivity index (χ0) is 13.1. The first-order valence-electron chi connectivity index (χ1n) is 5.83. The van der Waals surface area contributed by atoms with E-state index in [-0.39, 0.29) is 6.79 Å². The van der Waals surface area contributed by atoms with Gasteiger partial charge in [-0.15, -0.1) is 0 Å². The van der Waals surface area contributed by atoms with Crippen LogP contribution in [0.15, 0.2) is 36.6 Å². The van der Waals surface area contributed by atoms with Crippen LogP contribution in [-0.4, -0.2) is 34.2 Å². The third-order valence-electron chi connectivity index (χ3n) is 2.29. The molecule has 0 atom stereocenters. The van der Waals surface area contributed by atoms with Crippen LogP contribution in [-0.2, 0) is 20.6 Å². The van der Waals surface area contributed by atoms with Crippen LogP contribution in [0.2, 0.25) is 0 Å². The molecule has 0 saturated heterocycles. The summed E-state index contributed by atoms with van der Waals surface area (Å²) in [5.74, 6) is 0.866. The molecule has 0 heterocycles. The highest BCUT2D eigenvalue weighted by Crippen LogP contribution is 2.11. The van der Waals surface area contributed by atoms with Gasteiger partial charge in [0.25, 0.3) is 0 Å². The summed E-state index contributed by atoms with van der Waals surface area (Å²) >= 11 is 0. The van der Waals surface area contributed by atoms with Gasteiger partial charge in [-0.05, 0) is 30.2 Å². The van der Waals surface area contributed by atoms with Crippen molar-refractivity contribution < 1.29 is 18.9 Å². The highest BCUT2D eigenvalue weighted by atomic mass is 16.7. The van der Waals surface area contributed by atoms with Crippen LogP contribution in [0.5, 0.6) is 5.75 Å². The van der Waals surface area contributed by atoms with E-state index in [1.54, 1.807) is 20.5 Å². The zero-order valence-corrected chi connectivity index (χ0v) is 10.9. The van der Waals surface area contributed by atoms with E-state index in [1.165, 1.54) is 5.56 Å². The van der Waals surface area contributed by atoms with Gasteiger partial charge in [-0.2, -0.15) is 0 Å². The van der Waals surface area contributed by atoms with Crippen molar-refractivity contribution in [2.24, 2.45) is 0 Å². The summed E-state index contributed by atoms with van der Waals surface area (Å²) in [6, 6.07) is 7.94. The van der Waals surface area contributed by atoms with Crippen molar-refractivity contribution in [2.75, 3.05) is 34.2 Å². The summed E-state index contributed by atoms with van der Waals surface area (Å²) < 4.78 is 20.2. The summed E-state index contributed by atoms with van der Waals surface area (Å²) in [5.41, 5.74) is 1.20. The van der Waals surface area contributed by atoms with Crippen molar-refractivity contribution in [3.63, 3.8) is 0 Å². The Labute approximate surface area is 108 Å². The molecule has 0 N–H and O–H groups in total. The topological polar surface area (TPSA) is 36.9 Å². The lowest BCUT2D eigenvalue weighted by Crippen LogP contribution is -2.03. The van der Waals surface area contributed by atoms with Gasteiger partial charge in [-0.25, -0.2) is 0 Å². The van der Waals surface area contributed by atoms with Gasteiger partial charge in [0.15, 0.2) is 6.79 Å². The smallest absolute Gasteiger partial charge is 0.188 e. The lowest BCUT2D eigenvalue weighted by molar-refractivity contribution is -0.0299. The molecule has 0 aliphatic heterocycles. The third-order valence-corrected chi connectivity index (χ3v) is 2.29. The van der Waals surface area contributed by atoms with E-state index in [0.717, 1.165) is 12.2 Å². The number of allylic oxidation sites excluding steroid dienone is 1. The monoisotopic (exact) mass is 252 g/mol. The molecule has 0 saturated carbocycles. The summed E-state index contributed by atoms with van der Waals surface area (Å²) in [6.45, 7) is 1.38. The molecule has 1 aromatic carbocycles. The first kappa shape index (κ1) is 14.5. The molecule has 4 nitrogen and oxygen atoms in total. The molecule has 18 heavy (non-hydrogen) atoms. The van der Waals surface area contributed by atoms with Gasteiger partial charge < -0.3 is 18.9 Å². The molecule has 4 heteroatoms. The maximum Gasteiger partial charge on any atom is 0.188 e. The number of benzene rings is 1. The van der Waals surface area contributed by atoms with Crippen LogP contribution in [0.3, 0.4) is 0 Å². The fourth-order valence-corrected chi connectivity index (χ4v) is 1.30. The average Bonchev–Trinajstić information content (AvgIpc) is 2.42. The number of rotatable bonds is 9. The highest BCUT2D eigenvalue weighted by molar-refractivity contribution is 5.28. The third kappa shape index (κ3) is 6.27. The van der Waals surface area contributed by atoms with Crippen LogP contribution < -0.4 is 4.74 Å². The summed E-state index contributed by atoms with van der Waals surface area (Å²) in [6.07, 6.45) is 4.42. The number of methoxy groups -OCH3 is 2. The van der Waals surface area contributed by atoms with Crippen LogP contribution in [0, 0.1) is 0 Å². The van der Waals surface area contributed by atoms with Crippen LogP contribution in [0.1, 0.15) is 5.56 Å². The molecular formula is C14H20O4. The predicted octanol–water partition coefficient (Wildman–Crippen LogP) is 2.39. The number of hydrogen-bond donors (Lipinski definition) is 0. The summed E-state index contributed by atoms with van der Waals surface area (Å²) in [7, 11) is 3.30. The molecule has 0 aliphatic carbocycles. The Bertz CT molecular complexity index is 332. The number of hydrogen-bond acceptors (Lipinski definition) is 4. The average molecular weight is 252 g/mol. The quantitative estimate of drug-likeness (QED) is 0.384. The fourth-order valence-electron chi connectivity index (χ4n) is 1.30. The molecule has 1 rings (SSSR count). The molecule has 0 amide bonds. The Balaban J connectivity index is 2.11. The van der Waals surface area contributed by atoms with Crippen molar-refractivity contribution >= 4 is 0 Å². The molecular weight excluding hydrogens is 232 g/mol. The Hall–Kier alpha value is -1.52. The predicted molar refractivity (Wildman–Crippen MR) is 69.6 cm³/mol. The van der Waals surface area contributed by atoms with Crippen LogP contribution in [0.25, 0.3) is 0 Å². The van der Waals surface area contributed by atoms with Gasteiger partial charge in [0, 0.05) is 7.11 Å². The zero-order valence-electron chi connectivity index (χ0n) is 10.9. The second-order valence-corrected chi connectivity index (χ2v) is 3.61. The lowest BCUT2D eigenvalue weighted by Gasteiger charge is -2.03. The van der Waals surface area contributed by atoms with Gasteiger partial charge in [-0.3, -0.25) is 0 Å². The van der Waals surface area contributed by atoms with Crippen molar-refractivity contribution in [3.8, 4) is 5.75 Å². The molecule has 0 unspecified atom stereocenters. The Morgan fingerprint density at radius 3 is 2.50 bits per heavy atom. The molecule has 0 spiro atoms.